The van der Waals surface area contributed by atoms with Gasteiger partial charge in [-0.1, -0.05) is 27.7 Å². The minimum absolute atomic E-state index is 0.0437. The summed E-state index contributed by atoms with van der Waals surface area (Å²) in [6, 6.07) is 1.82. The van der Waals surface area contributed by atoms with Crippen LogP contribution in [0.1, 0.15) is 72.0 Å². The number of rotatable bonds is 4. The molecule has 3 fully saturated rings. The van der Waals surface area contributed by atoms with Crippen molar-refractivity contribution < 1.29 is 37.8 Å². The zero-order chi connectivity index (χ0) is 26.9. The lowest BCUT2D eigenvalue weighted by Gasteiger charge is -2.65. The summed E-state index contributed by atoms with van der Waals surface area (Å²) in [5.41, 5.74) is -0.170. The van der Waals surface area contributed by atoms with E-state index in [4.69, 9.17) is 18.6 Å². The van der Waals surface area contributed by atoms with Crippen molar-refractivity contribution in [3.8, 4) is 0 Å². The normalized spacial score (nSPS) is 40.0. The molecule has 2 bridgehead atoms. The van der Waals surface area contributed by atoms with E-state index in [0.717, 1.165) is 24.0 Å². The second kappa shape index (κ2) is 8.57. The number of carbonyl (C=O) groups excluding carboxylic acids is 4. The molecule has 3 aliphatic carbocycles. The molecule has 3 saturated carbocycles. The second-order valence-corrected chi connectivity index (χ2v) is 12.3. The molecule has 1 aromatic rings. The molecule has 0 radical (unpaired) electrons. The summed E-state index contributed by atoms with van der Waals surface area (Å²) in [5, 5.41) is 0. The molecule has 0 amide bonds. The summed E-state index contributed by atoms with van der Waals surface area (Å²) < 4.78 is 22.1. The van der Waals surface area contributed by atoms with Crippen LogP contribution in [0.25, 0.3) is 0 Å². The molecule has 0 aromatic carbocycles. The number of ketones is 1. The third kappa shape index (κ3) is 3.62. The maximum atomic E-state index is 14.2. The maximum Gasteiger partial charge on any atom is 0.331 e. The number of methoxy groups -OCH3 is 1. The van der Waals surface area contributed by atoms with Crippen LogP contribution in [0, 0.1) is 39.9 Å². The Kier molecular flexibility index (Phi) is 5.96. The Morgan fingerprint density at radius 1 is 1.14 bits per heavy atom. The Labute approximate surface area is 217 Å². The summed E-state index contributed by atoms with van der Waals surface area (Å²) in [7, 11) is 1.35. The Morgan fingerprint density at radius 3 is 2.49 bits per heavy atom. The fourth-order valence-electron chi connectivity index (χ4n) is 8.55. The number of esters is 3. The van der Waals surface area contributed by atoms with E-state index in [-0.39, 0.29) is 24.0 Å². The highest BCUT2D eigenvalue weighted by molar-refractivity contribution is 5.92. The number of furan rings is 1. The molecule has 2 heterocycles. The average Bonchev–Trinajstić information content (AvgIpc) is 3.36. The van der Waals surface area contributed by atoms with Crippen LogP contribution in [-0.4, -0.2) is 36.9 Å². The van der Waals surface area contributed by atoms with E-state index in [9.17, 15) is 19.2 Å². The van der Waals surface area contributed by atoms with Gasteiger partial charge >= 0.3 is 17.9 Å². The van der Waals surface area contributed by atoms with E-state index in [1.807, 2.05) is 26.8 Å². The minimum Gasteiger partial charge on any atom is -0.472 e. The van der Waals surface area contributed by atoms with Gasteiger partial charge in [0.1, 0.15) is 18.0 Å². The number of Topliss-reactive ketones (excluding diaryl/α,β-unsaturated/α-hetero) is 1. The van der Waals surface area contributed by atoms with Crippen molar-refractivity contribution in [2.45, 2.75) is 72.5 Å². The first-order valence-corrected chi connectivity index (χ1v) is 13.1. The highest BCUT2D eigenvalue weighted by Crippen LogP contribution is 2.69. The van der Waals surface area contributed by atoms with Gasteiger partial charge in [0.2, 0.25) is 0 Å². The molecule has 4 aliphatic rings. The molecule has 0 spiro atoms. The van der Waals surface area contributed by atoms with E-state index in [0.29, 0.717) is 6.42 Å². The first-order valence-electron chi connectivity index (χ1n) is 13.1. The molecule has 0 N–H and O–H groups in total. The molecular formula is C29H36O8. The topological polar surface area (TPSA) is 109 Å². The molecule has 200 valence electrons. The highest BCUT2D eigenvalue weighted by Gasteiger charge is 2.70. The number of cyclic esters (lactones) is 1. The highest BCUT2D eigenvalue weighted by atomic mass is 16.6. The second-order valence-electron chi connectivity index (χ2n) is 12.3. The van der Waals surface area contributed by atoms with Crippen LogP contribution in [0.4, 0.5) is 0 Å². The zero-order valence-corrected chi connectivity index (χ0v) is 22.4. The molecular weight excluding hydrogens is 476 g/mol. The molecule has 1 unspecified atom stereocenters. The third-order valence-electron chi connectivity index (χ3n) is 10.2. The van der Waals surface area contributed by atoms with Crippen LogP contribution in [0.2, 0.25) is 0 Å². The van der Waals surface area contributed by atoms with Gasteiger partial charge in [0, 0.05) is 41.2 Å². The quantitative estimate of drug-likeness (QED) is 0.426. The zero-order valence-electron chi connectivity index (χ0n) is 22.4. The first-order chi connectivity index (χ1) is 17.4. The smallest absolute Gasteiger partial charge is 0.331 e. The molecule has 8 nitrogen and oxygen atoms in total. The van der Waals surface area contributed by atoms with Crippen molar-refractivity contribution >= 4 is 23.7 Å². The van der Waals surface area contributed by atoms with Crippen LogP contribution in [0.3, 0.4) is 0 Å². The number of carbonyl (C=O) groups is 4. The SMILES string of the molecule is COC(=O)CC1C(C)(C)[C@H](OC(C)=O)[C@@H]2C[C@H]3C4=CC(=O)O[C@@H](c5ccoc5)[C@]4(C)CC[C@@H]3[C@@]1(C)C2=O. The van der Waals surface area contributed by atoms with Gasteiger partial charge in [-0.15, -0.1) is 0 Å². The van der Waals surface area contributed by atoms with Crippen molar-refractivity contribution in [1.29, 1.82) is 0 Å². The van der Waals surface area contributed by atoms with Crippen LogP contribution < -0.4 is 0 Å². The third-order valence-corrected chi connectivity index (χ3v) is 10.2. The van der Waals surface area contributed by atoms with Crippen LogP contribution in [-0.2, 0) is 33.4 Å². The Hall–Kier alpha value is -2.90. The van der Waals surface area contributed by atoms with Gasteiger partial charge in [-0.2, -0.15) is 0 Å². The van der Waals surface area contributed by atoms with Gasteiger partial charge in [-0.25, -0.2) is 4.79 Å². The average molecular weight is 513 g/mol. The number of hydrogen-bond donors (Lipinski definition) is 0. The number of fused-ring (bicyclic) bond motifs is 6. The maximum absolute atomic E-state index is 14.2. The number of ether oxygens (including phenoxy) is 3. The molecule has 1 aliphatic heterocycles. The lowest BCUT2D eigenvalue weighted by atomic mass is 9.38. The Balaban J connectivity index is 1.64. The van der Waals surface area contributed by atoms with Crippen molar-refractivity contribution in [1.82, 2.24) is 0 Å². The van der Waals surface area contributed by atoms with Gasteiger partial charge in [0.05, 0.1) is 25.6 Å². The molecule has 0 saturated heterocycles. The summed E-state index contributed by atoms with van der Waals surface area (Å²) in [6.07, 6.45) is 5.62. The summed E-state index contributed by atoms with van der Waals surface area (Å²) in [6.45, 7) is 9.43. The minimum atomic E-state index is -0.851. The molecule has 8 atom stereocenters. The standard InChI is InChI=1S/C29H36O8/c1-15(30)36-26-18-11-17-19(29(5,24(18)33)21(27(26,2)3)13-22(31)34-6)7-9-28(4)20(17)12-23(32)37-25(28)16-8-10-35-14-16/h8,10,12,14,17-19,21,25-26H,7,9,11,13H2,1-6H3/t17-,18-,19+,21?,25+,26-,28-,29-/m1/s1. The van der Waals surface area contributed by atoms with Crippen LogP contribution in [0.15, 0.2) is 34.7 Å². The Bertz CT molecular complexity index is 1160. The van der Waals surface area contributed by atoms with Crippen LogP contribution in [0.5, 0.6) is 0 Å². The summed E-state index contributed by atoms with van der Waals surface area (Å²) in [4.78, 5) is 51.9. The first kappa shape index (κ1) is 25.7. The van der Waals surface area contributed by atoms with Crippen molar-refractivity contribution in [3.63, 3.8) is 0 Å². The predicted molar refractivity (Wildman–Crippen MR) is 131 cm³/mol. The molecule has 1 aromatic heterocycles. The van der Waals surface area contributed by atoms with E-state index < -0.39 is 58.2 Å². The van der Waals surface area contributed by atoms with E-state index in [2.05, 4.69) is 6.92 Å². The Morgan fingerprint density at radius 2 is 1.86 bits per heavy atom. The molecule has 8 heteroatoms. The fourth-order valence-corrected chi connectivity index (χ4v) is 8.55. The van der Waals surface area contributed by atoms with E-state index in [1.165, 1.54) is 14.0 Å². The lowest BCUT2D eigenvalue weighted by molar-refractivity contribution is -0.210. The van der Waals surface area contributed by atoms with Gasteiger partial charge in [-0.3, -0.25) is 14.4 Å². The van der Waals surface area contributed by atoms with Crippen molar-refractivity contribution in [3.05, 3.63) is 35.8 Å². The molecule has 37 heavy (non-hydrogen) atoms. The van der Waals surface area contributed by atoms with E-state index in [1.54, 1.807) is 18.6 Å². The predicted octanol–water partition coefficient (Wildman–Crippen LogP) is 4.58. The van der Waals surface area contributed by atoms with Gasteiger partial charge < -0.3 is 18.6 Å². The van der Waals surface area contributed by atoms with Gasteiger partial charge in [-0.05, 0) is 48.7 Å². The lowest BCUT2D eigenvalue weighted by Crippen LogP contribution is -2.68. The van der Waals surface area contributed by atoms with E-state index >= 15 is 0 Å². The number of hydrogen-bond acceptors (Lipinski definition) is 8. The summed E-state index contributed by atoms with van der Waals surface area (Å²) >= 11 is 0. The molecule has 5 rings (SSSR count). The van der Waals surface area contributed by atoms with Crippen LogP contribution >= 0.6 is 0 Å². The largest absolute Gasteiger partial charge is 0.472 e. The van der Waals surface area contributed by atoms with Crippen molar-refractivity contribution in [2.24, 2.45) is 39.9 Å². The summed E-state index contributed by atoms with van der Waals surface area (Å²) in [5.74, 6) is -2.32. The van der Waals surface area contributed by atoms with Gasteiger partial charge in [0.25, 0.3) is 0 Å². The fraction of sp³-hybridized carbons (Fsp3) is 0.655. The van der Waals surface area contributed by atoms with Crippen molar-refractivity contribution in [2.75, 3.05) is 7.11 Å². The van der Waals surface area contributed by atoms with Gasteiger partial charge in [0.15, 0.2) is 0 Å². The monoisotopic (exact) mass is 512 g/mol.